The van der Waals surface area contributed by atoms with Gasteiger partial charge in [-0.1, -0.05) is 12.1 Å². The lowest BCUT2D eigenvalue weighted by atomic mass is 10.2. The lowest BCUT2D eigenvalue weighted by Crippen LogP contribution is -2.41. The Bertz CT molecular complexity index is 701. The SMILES string of the molecule is NS(=O)(=O)c1cccc(CNS(=O)(=O)NCC(F)(F)F)c1. The molecule has 0 amide bonds. The molecule has 120 valence electrons. The van der Waals surface area contributed by atoms with E-state index in [2.05, 4.69) is 0 Å². The summed E-state index contributed by atoms with van der Waals surface area (Å²) in [4.78, 5) is -0.234. The first-order chi connectivity index (χ1) is 9.39. The van der Waals surface area contributed by atoms with E-state index in [0.29, 0.717) is 0 Å². The van der Waals surface area contributed by atoms with Crippen LogP contribution in [-0.2, 0) is 26.8 Å². The Labute approximate surface area is 119 Å². The number of hydrogen-bond donors (Lipinski definition) is 3. The number of sulfonamides is 1. The second-order valence-electron chi connectivity index (χ2n) is 3.95. The lowest BCUT2D eigenvalue weighted by Gasteiger charge is -2.10. The molecule has 0 bridgehead atoms. The number of hydrogen-bond acceptors (Lipinski definition) is 4. The Balaban J connectivity index is 2.71. The van der Waals surface area contributed by atoms with Crippen LogP contribution in [0.3, 0.4) is 0 Å². The zero-order valence-electron chi connectivity index (χ0n) is 10.4. The Hall–Kier alpha value is -1.21. The number of nitrogens with one attached hydrogen (secondary N) is 2. The van der Waals surface area contributed by atoms with Crippen molar-refractivity contribution < 1.29 is 30.0 Å². The highest BCUT2D eigenvalue weighted by atomic mass is 32.2. The maximum atomic E-state index is 11.9. The Kier molecular flexibility index (Phi) is 5.33. The fourth-order valence-electron chi connectivity index (χ4n) is 1.24. The van der Waals surface area contributed by atoms with E-state index in [9.17, 15) is 30.0 Å². The molecular formula is C9H12F3N3O4S2. The summed E-state index contributed by atoms with van der Waals surface area (Å²) in [6.45, 7) is -2.10. The van der Waals surface area contributed by atoms with Crippen LogP contribution in [0.5, 0.6) is 0 Å². The van der Waals surface area contributed by atoms with Crippen molar-refractivity contribution in [2.45, 2.75) is 17.6 Å². The van der Waals surface area contributed by atoms with Gasteiger partial charge in [-0.05, 0) is 17.7 Å². The molecule has 0 fully saturated rings. The molecule has 0 saturated heterocycles. The Morgan fingerprint density at radius 2 is 1.71 bits per heavy atom. The number of alkyl halides is 3. The maximum absolute atomic E-state index is 11.9. The van der Waals surface area contributed by atoms with Gasteiger partial charge < -0.3 is 0 Å². The number of benzene rings is 1. The van der Waals surface area contributed by atoms with Crippen LogP contribution in [0.15, 0.2) is 29.2 Å². The molecule has 0 aliphatic rings. The van der Waals surface area contributed by atoms with E-state index >= 15 is 0 Å². The molecule has 0 heterocycles. The minimum atomic E-state index is -4.68. The highest BCUT2D eigenvalue weighted by Gasteiger charge is 2.29. The van der Waals surface area contributed by atoms with Gasteiger partial charge in [0.25, 0.3) is 10.2 Å². The third-order valence-electron chi connectivity index (χ3n) is 2.16. The monoisotopic (exact) mass is 347 g/mol. The fourth-order valence-corrected chi connectivity index (χ4v) is 2.63. The zero-order chi connectivity index (χ0) is 16.3. The summed E-state index contributed by atoms with van der Waals surface area (Å²) in [7, 11) is -8.31. The molecule has 0 aliphatic heterocycles. The van der Waals surface area contributed by atoms with Gasteiger partial charge in [-0.3, -0.25) is 0 Å². The summed E-state index contributed by atoms with van der Waals surface area (Å²) in [5, 5.41) is 4.90. The average molecular weight is 347 g/mol. The van der Waals surface area contributed by atoms with E-state index in [1.165, 1.54) is 22.9 Å². The predicted molar refractivity (Wildman–Crippen MR) is 67.6 cm³/mol. The van der Waals surface area contributed by atoms with Crippen molar-refractivity contribution in [3.8, 4) is 0 Å². The van der Waals surface area contributed by atoms with Crippen LogP contribution in [0.4, 0.5) is 13.2 Å². The van der Waals surface area contributed by atoms with Gasteiger partial charge in [0.15, 0.2) is 0 Å². The molecule has 0 spiro atoms. The molecule has 12 heteroatoms. The first-order valence-electron chi connectivity index (χ1n) is 5.32. The van der Waals surface area contributed by atoms with E-state index in [1.807, 2.05) is 4.72 Å². The van der Waals surface area contributed by atoms with Crippen molar-refractivity contribution in [1.82, 2.24) is 9.44 Å². The average Bonchev–Trinajstić information content (AvgIpc) is 2.33. The molecule has 21 heavy (non-hydrogen) atoms. The summed E-state index contributed by atoms with van der Waals surface area (Å²) >= 11 is 0. The van der Waals surface area contributed by atoms with Gasteiger partial charge in [0.1, 0.15) is 6.54 Å². The first-order valence-corrected chi connectivity index (χ1v) is 8.35. The van der Waals surface area contributed by atoms with Crippen LogP contribution >= 0.6 is 0 Å². The zero-order valence-corrected chi connectivity index (χ0v) is 12.0. The summed E-state index contributed by atoms with van der Waals surface area (Å²) in [5.74, 6) is 0. The number of rotatable bonds is 6. The molecule has 7 nitrogen and oxygen atoms in total. The first kappa shape index (κ1) is 17.8. The lowest BCUT2D eigenvalue weighted by molar-refractivity contribution is -0.121. The molecule has 1 aromatic rings. The molecule has 1 rings (SSSR count). The molecule has 0 radical (unpaired) electrons. The molecule has 0 saturated carbocycles. The van der Waals surface area contributed by atoms with Crippen LogP contribution < -0.4 is 14.6 Å². The van der Waals surface area contributed by atoms with Crippen LogP contribution in [-0.4, -0.2) is 29.6 Å². The number of nitrogens with two attached hydrogens (primary N) is 1. The summed E-state index contributed by atoms with van der Waals surface area (Å²) in [6, 6.07) is 5.03. The molecule has 0 atom stereocenters. The van der Waals surface area contributed by atoms with E-state index in [-0.39, 0.29) is 10.5 Å². The third kappa shape index (κ3) is 6.86. The minimum absolute atomic E-state index is 0.221. The Morgan fingerprint density at radius 3 is 2.24 bits per heavy atom. The minimum Gasteiger partial charge on any atom is -0.225 e. The molecular weight excluding hydrogens is 335 g/mol. The van der Waals surface area contributed by atoms with Gasteiger partial charge in [0, 0.05) is 6.54 Å². The molecule has 0 aromatic heterocycles. The maximum Gasteiger partial charge on any atom is 0.402 e. The van der Waals surface area contributed by atoms with Crippen LogP contribution in [0, 0.1) is 0 Å². The summed E-state index contributed by atoms with van der Waals surface area (Å²) in [6.07, 6.45) is -4.68. The summed E-state index contributed by atoms with van der Waals surface area (Å²) < 4.78 is 83.6. The second-order valence-corrected chi connectivity index (χ2v) is 7.10. The number of primary sulfonamides is 1. The van der Waals surface area contributed by atoms with E-state index in [4.69, 9.17) is 5.14 Å². The molecule has 1 aromatic carbocycles. The van der Waals surface area contributed by atoms with E-state index in [1.54, 1.807) is 0 Å². The van der Waals surface area contributed by atoms with Crippen LogP contribution in [0.1, 0.15) is 5.56 Å². The van der Waals surface area contributed by atoms with Crippen molar-refractivity contribution >= 4 is 20.2 Å². The quantitative estimate of drug-likeness (QED) is 0.661. The highest BCUT2D eigenvalue weighted by Crippen LogP contribution is 2.13. The predicted octanol–water partition coefficient (Wildman–Crippen LogP) is -0.180. The highest BCUT2D eigenvalue weighted by molar-refractivity contribution is 7.89. The summed E-state index contributed by atoms with van der Waals surface area (Å²) in [5.41, 5.74) is 0.221. The van der Waals surface area contributed by atoms with Crippen molar-refractivity contribution in [3.05, 3.63) is 29.8 Å². The largest absolute Gasteiger partial charge is 0.402 e. The van der Waals surface area contributed by atoms with Crippen molar-refractivity contribution in [1.29, 1.82) is 0 Å². The number of halogens is 3. The van der Waals surface area contributed by atoms with Gasteiger partial charge in [0.05, 0.1) is 4.90 Å². The Morgan fingerprint density at radius 1 is 1.10 bits per heavy atom. The van der Waals surface area contributed by atoms with Crippen molar-refractivity contribution in [3.63, 3.8) is 0 Å². The van der Waals surface area contributed by atoms with Crippen molar-refractivity contribution in [2.75, 3.05) is 6.54 Å². The molecule has 4 N–H and O–H groups in total. The van der Waals surface area contributed by atoms with Gasteiger partial charge >= 0.3 is 6.18 Å². The fraction of sp³-hybridized carbons (Fsp3) is 0.333. The normalized spacial score (nSPS) is 13.3. The van der Waals surface area contributed by atoms with E-state index in [0.717, 1.165) is 6.07 Å². The topological polar surface area (TPSA) is 118 Å². The standard InChI is InChI=1S/C9H12F3N3O4S2/c10-9(11,12)6-15-21(18,19)14-5-7-2-1-3-8(4-7)20(13,16)17/h1-4,14-15H,5-6H2,(H2,13,16,17). The van der Waals surface area contributed by atoms with E-state index < -0.39 is 39.5 Å². The van der Waals surface area contributed by atoms with Crippen LogP contribution in [0.25, 0.3) is 0 Å². The van der Waals surface area contributed by atoms with Gasteiger partial charge in [0.2, 0.25) is 10.0 Å². The van der Waals surface area contributed by atoms with Crippen molar-refractivity contribution in [2.24, 2.45) is 5.14 Å². The van der Waals surface area contributed by atoms with Gasteiger partial charge in [-0.2, -0.15) is 31.0 Å². The second kappa shape index (κ2) is 6.27. The van der Waals surface area contributed by atoms with Gasteiger partial charge in [-0.15, -0.1) is 0 Å². The van der Waals surface area contributed by atoms with Crippen LogP contribution in [0.2, 0.25) is 0 Å². The molecule has 0 aliphatic carbocycles. The van der Waals surface area contributed by atoms with Gasteiger partial charge in [-0.25, -0.2) is 13.6 Å². The smallest absolute Gasteiger partial charge is 0.225 e. The molecule has 0 unspecified atom stereocenters. The third-order valence-corrected chi connectivity index (χ3v) is 4.12.